The Hall–Kier alpha value is -2.33. The van der Waals surface area contributed by atoms with Crippen molar-refractivity contribution in [2.45, 2.75) is 231 Å². The average Bonchev–Trinajstić information content (AvgIpc) is 3.26. The highest BCUT2D eigenvalue weighted by atomic mass is 31.2. The fourth-order valence-corrected chi connectivity index (χ4v) is 7.66. The lowest BCUT2D eigenvalue weighted by Crippen LogP contribution is -2.34. The van der Waals surface area contributed by atoms with Gasteiger partial charge in [-0.25, -0.2) is 4.57 Å². The fraction of sp³-hybridized carbons (Fsp3) is 0.769. The second kappa shape index (κ2) is 47.6. The minimum Gasteiger partial charge on any atom is -0.480 e. The largest absolute Gasteiger partial charge is 0.480 e. The topological polar surface area (TPSA) is 155 Å². The number of allylic oxidation sites excluding steroid dienone is 10. The zero-order valence-corrected chi connectivity index (χ0v) is 41.1. The lowest BCUT2D eigenvalue weighted by molar-refractivity contribution is -0.154. The molecule has 0 saturated carbocycles. The van der Waals surface area contributed by atoms with E-state index in [9.17, 15) is 19.0 Å². The molecular weight excluding hydrogens is 814 g/mol. The fourth-order valence-electron chi connectivity index (χ4n) is 6.88. The van der Waals surface area contributed by atoms with Crippen molar-refractivity contribution >= 4 is 19.8 Å². The van der Waals surface area contributed by atoms with Crippen molar-refractivity contribution in [1.82, 2.24) is 0 Å². The van der Waals surface area contributed by atoms with Crippen LogP contribution in [-0.4, -0.2) is 60.5 Å². The van der Waals surface area contributed by atoms with E-state index in [1.165, 1.54) is 122 Å². The summed E-state index contributed by atoms with van der Waals surface area (Å²) >= 11 is 0. The van der Waals surface area contributed by atoms with E-state index >= 15 is 0 Å². The molecular formula is C52H94NO9P. The van der Waals surface area contributed by atoms with E-state index in [0.717, 1.165) is 70.6 Å². The molecule has 0 rings (SSSR count). The van der Waals surface area contributed by atoms with Gasteiger partial charge in [-0.1, -0.05) is 197 Å². The number of nitrogens with two attached hydrogens (primary N) is 1. The second-order valence-corrected chi connectivity index (χ2v) is 18.4. The number of hydrogen-bond donors (Lipinski definition) is 3. The van der Waals surface area contributed by atoms with Crippen molar-refractivity contribution in [1.29, 1.82) is 0 Å². The molecule has 0 spiro atoms. The molecule has 0 amide bonds. The molecule has 0 aromatic carbocycles. The van der Waals surface area contributed by atoms with Crippen LogP contribution in [-0.2, 0) is 32.7 Å². The number of carboxylic acid groups (broad SMARTS) is 1. The number of aliphatic carboxylic acids is 1. The van der Waals surface area contributed by atoms with Crippen LogP contribution in [0.15, 0.2) is 60.8 Å². The Balaban J connectivity index is 4.14. The number of ether oxygens (including phenoxy) is 2. The quantitative estimate of drug-likeness (QED) is 0.0233. The molecule has 0 aromatic heterocycles. The highest BCUT2D eigenvalue weighted by Gasteiger charge is 2.27. The van der Waals surface area contributed by atoms with Crippen LogP contribution < -0.4 is 5.73 Å². The molecule has 0 aromatic rings. The molecule has 3 atom stereocenters. The van der Waals surface area contributed by atoms with Gasteiger partial charge in [-0.2, -0.15) is 0 Å². The Labute approximate surface area is 385 Å². The Morgan fingerprint density at radius 3 is 1.40 bits per heavy atom. The van der Waals surface area contributed by atoms with Crippen LogP contribution in [0.25, 0.3) is 0 Å². The number of carboxylic acids is 1. The first-order valence-electron chi connectivity index (χ1n) is 25.3. The number of carbonyl (C=O) groups is 2. The molecule has 0 radical (unpaired) electrons. The molecule has 0 bridgehead atoms. The van der Waals surface area contributed by atoms with Crippen LogP contribution >= 0.6 is 7.82 Å². The highest BCUT2D eigenvalue weighted by Crippen LogP contribution is 2.43. The number of phosphoric ester groups is 1. The van der Waals surface area contributed by atoms with Crippen molar-refractivity contribution < 1.29 is 42.7 Å². The predicted octanol–water partition coefficient (Wildman–Crippen LogP) is 14.8. The molecule has 3 unspecified atom stereocenters. The van der Waals surface area contributed by atoms with Crippen LogP contribution in [0.3, 0.4) is 0 Å². The maximum absolute atomic E-state index is 12.7. The molecule has 0 heterocycles. The summed E-state index contributed by atoms with van der Waals surface area (Å²) < 4.78 is 33.5. The number of esters is 1. The highest BCUT2D eigenvalue weighted by molar-refractivity contribution is 7.47. The van der Waals surface area contributed by atoms with Gasteiger partial charge < -0.3 is 25.2 Å². The van der Waals surface area contributed by atoms with E-state index in [0.29, 0.717) is 13.0 Å². The normalized spacial score (nSPS) is 14.2. The number of rotatable bonds is 48. The van der Waals surface area contributed by atoms with Gasteiger partial charge in [-0.3, -0.25) is 18.6 Å². The van der Waals surface area contributed by atoms with Crippen LogP contribution in [0, 0.1) is 0 Å². The third kappa shape index (κ3) is 47.5. The van der Waals surface area contributed by atoms with Crippen molar-refractivity contribution in [2.75, 3.05) is 26.4 Å². The second-order valence-electron chi connectivity index (χ2n) is 16.9. The number of unbranched alkanes of at least 4 members (excludes halogenated alkanes) is 24. The van der Waals surface area contributed by atoms with Crippen molar-refractivity contribution in [2.24, 2.45) is 5.73 Å². The van der Waals surface area contributed by atoms with Crippen LogP contribution in [0.1, 0.15) is 219 Å². The summed E-state index contributed by atoms with van der Waals surface area (Å²) in [5.41, 5.74) is 5.37. The first-order chi connectivity index (χ1) is 30.7. The van der Waals surface area contributed by atoms with Crippen LogP contribution in [0.4, 0.5) is 0 Å². The summed E-state index contributed by atoms with van der Waals surface area (Å²) in [6, 6.07) is -1.48. The Morgan fingerprint density at radius 1 is 0.524 bits per heavy atom. The molecule has 0 fully saturated rings. The molecule has 11 heteroatoms. The minimum absolute atomic E-state index is 0.0120. The molecule has 0 aliphatic heterocycles. The summed E-state index contributed by atoms with van der Waals surface area (Å²) in [7, 11) is -4.62. The first-order valence-corrected chi connectivity index (χ1v) is 26.8. The van der Waals surface area contributed by atoms with Crippen molar-refractivity contribution in [3.05, 3.63) is 60.8 Å². The Morgan fingerprint density at radius 2 is 0.921 bits per heavy atom. The number of carbonyl (C=O) groups excluding carboxylic acids is 1. The Bertz CT molecular complexity index is 1230. The van der Waals surface area contributed by atoms with E-state index in [1.54, 1.807) is 0 Å². The van der Waals surface area contributed by atoms with E-state index in [2.05, 4.69) is 74.6 Å². The van der Waals surface area contributed by atoms with Gasteiger partial charge in [0.15, 0.2) is 0 Å². The van der Waals surface area contributed by atoms with Gasteiger partial charge >= 0.3 is 19.8 Å². The summed E-state index contributed by atoms with van der Waals surface area (Å²) in [5.74, 6) is -1.78. The summed E-state index contributed by atoms with van der Waals surface area (Å²) in [4.78, 5) is 33.7. The maximum atomic E-state index is 12.7. The standard InChI is InChI=1S/C52H94NO9P/c1-3-5-7-9-11-13-15-17-19-21-22-23-24-25-26-27-29-31-33-35-37-39-41-43-45-59-46-49(47-60-63(57,58)61-48-50(53)52(55)56)62-51(54)44-42-40-38-36-34-32-30-28-20-18-16-14-12-10-8-6-4-2/h5,7,11,13,17-20,22-23,49-50H,3-4,6,8-10,12,14-16,21,24-48,53H2,1-2H3,(H,55,56)(H,57,58)/b7-5-,13-11-,19-17-,20-18-,23-22-. The van der Waals surface area contributed by atoms with Gasteiger partial charge in [-0.15, -0.1) is 0 Å². The SMILES string of the molecule is CC/C=C\C/C=C\C/C=C\C/C=C\CCCCCCCCCCCCCOCC(COP(=O)(O)OCC(N)C(=O)O)OC(=O)CCCCCCCCC/C=C\CCCCCCCC. The van der Waals surface area contributed by atoms with Gasteiger partial charge in [0.25, 0.3) is 0 Å². The third-order valence-electron chi connectivity index (χ3n) is 10.8. The lowest BCUT2D eigenvalue weighted by atomic mass is 10.1. The van der Waals surface area contributed by atoms with Gasteiger partial charge in [0, 0.05) is 13.0 Å². The molecule has 63 heavy (non-hydrogen) atoms. The summed E-state index contributed by atoms with van der Waals surface area (Å²) in [6.45, 7) is 3.77. The smallest absolute Gasteiger partial charge is 0.472 e. The van der Waals surface area contributed by atoms with Crippen molar-refractivity contribution in [3.63, 3.8) is 0 Å². The zero-order chi connectivity index (χ0) is 46.2. The molecule has 0 saturated heterocycles. The Kier molecular flexibility index (Phi) is 45.9. The zero-order valence-electron chi connectivity index (χ0n) is 40.2. The molecule has 0 aliphatic carbocycles. The first kappa shape index (κ1) is 60.7. The summed E-state index contributed by atoms with van der Waals surface area (Å²) in [5, 5.41) is 8.93. The lowest BCUT2D eigenvalue weighted by Gasteiger charge is -2.20. The monoisotopic (exact) mass is 908 g/mol. The van der Waals surface area contributed by atoms with Gasteiger partial charge in [0.1, 0.15) is 12.1 Å². The predicted molar refractivity (Wildman–Crippen MR) is 263 cm³/mol. The van der Waals surface area contributed by atoms with Crippen LogP contribution in [0.5, 0.6) is 0 Å². The van der Waals surface area contributed by atoms with Gasteiger partial charge in [0.2, 0.25) is 0 Å². The van der Waals surface area contributed by atoms with Crippen molar-refractivity contribution in [3.8, 4) is 0 Å². The summed E-state index contributed by atoms with van der Waals surface area (Å²) in [6.07, 6.45) is 58.5. The molecule has 366 valence electrons. The molecule has 10 nitrogen and oxygen atoms in total. The van der Waals surface area contributed by atoms with Gasteiger partial charge in [0.05, 0.1) is 19.8 Å². The van der Waals surface area contributed by atoms with Crippen LogP contribution in [0.2, 0.25) is 0 Å². The third-order valence-corrected chi connectivity index (χ3v) is 11.7. The van der Waals surface area contributed by atoms with Gasteiger partial charge in [-0.05, 0) is 77.0 Å². The number of hydrogen-bond acceptors (Lipinski definition) is 8. The van der Waals surface area contributed by atoms with E-state index in [4.69, 9.17) is 29.4 Å². The molecule has 0 aliphatic rings. The molecule has 4 N–H and O–H groups in total. The van der Waals surface area contributed by atoms with E-state index in [-0.39, 0.29) is 13.0 Å². The van der Waals surface area contributed by atoms with E-state index in [1.807, 2.05) is 0 Å². The maximum Gasteiger partial charge on any atom is 0.472 e. The number of phosphoric acid groups is 1. The average molecular weight is 908 g/mol. The van der Waals surface area contributed by atoms with E-state index < -0.39 is 45.1 Å². The minimum atomic E-state index is -4.62.